The molecule has 2 aromatic heterocycles. The number of Topliss-reactive ketones (excluding diaryl/α,β-unsaturated/α-hetero) is 1. The number of aliphatic hydroxyl groups is 2. The Morgan fingerprint density at radius 2 is 2.07 bits per heavy atom. The number of thiol groups is 1. The molecule has 0 radical (unpaired) electrons. The summed E-state index contributed by atoms with van der Waals surface area (Å²) >= 11 is 3.92. The minimum absolute atomic E-state index is 0.0148. The molecule has 0 unspecified atom stereocenters. The zero-order valence-corrected chi connectivity index (χ0v) is 15.2. The number of ether oxygens (including phenoxy) is 1. The van der Waals surface area contributed by atoms with Crippen molar-refractivity contribution in [3.63, 3.8) is 0 Å². The van der Waals surface area contributed by atoms with Gasteiger partial charge in [-0.05, 0) is 0 Å². The number of aromatic nitrogens is 4. The van der Waals surface area contributed by atoms with Crippen molar-refractivity contribution in [2.45, 2.75) is 29.5 Å². The number of hydrogen-bond donors (Lipinski definition) is 7. The van der Waals surface area contributed by atoms with E-state index in [0.717, 1.165) is 17.2 Å². The molecule has 0 aliphatic carbocycles. The molecular formula is C14H19N7O6S. The van der Waals surface area contributed by atoms with Crippen molar-refractivity contribution < 1.29 is 29.6 Å². The molecule has 3 rings (SSSR count). The molecule has 0 aromatic carbocycles. The Balaban J connectivity index is 2.36. The van der Waals surface area contributed by atoms with Gasteiger partial charge in [0.15, 0.2) is 17.2 Å². The number of nitrogen functional groups attached to an aromatic ring is 1. The number of ketones is 1. The van der Waals surface area contributed by atoms with Gasteiger partial charge in [-0.2, -0.15) is 12.6 Å². The van der Waals surface area contributed by atoms with Crippen molar-refractivity contribution in [2.75, 3.05) is 18.1 Å². The Kier molecular flexibility index (Phi) is 5.03. The topological polar surface area (TPSA) is 226 Å². The van der Waals surface area contributed by atoms with Gasteiger partial charge < -0.3 is 37.3 Å². The monoisotopic (exact) mass is 413 g/mol. The average molecular weight is 413 g/mol. The molecule has 13 nitrogen and oxygen atoms in total. The fourth-order valence-corrected chi connectivity index (χ4v) is 3.53. The van der Waals surface area contributed by atoms with Crippen LogP contribution in [0.4, 0.5) is 5.82 Å². The quantitative estimate of drug-likeness (QED) is 0.228. The first-order valence-electron chi connectivity index (χ1n) is 8.01. The van der Waals surface area contributed by atoms with Crippen LogP contribution in [0.15, 0.2) is 12.7 Å². The largest absolute Gasteiger partial charge is 0.478 e. The summed E-state index contributed by atoms with van der Waals surface area (Å²) in [6.07, 6.45) is 0.610. The van der Waals surface area contributed by atoms with Gasteiger partial charge in [0.2, 0.25) is 5.60 Å². The third-order valence-electron chi connectivity index (χ3n) is 4.80. The first kappa shape index (κ1) is 20.4. The van der Waals surface area contributed by atoms with Gasteiger partial charge in [0, 0.05) is 5.75 Å². The molecule has 3 heterocycles. The predicted molar refractivity (Wildman–Crippen MR) is 97.1 cm³/mol. The lowest BCUT2D eigenvalue weighted by Crippen LogP contribution is -2.70. The minimum Gasteiger partial charge on any atom is -0.478 e. The summed E-state index contributed by atoms with van der Waals surface area (Å²) in [7, 11) is 0. The average Bonchev–Trinajstić information content (AvgIpc) is 3.21. The van der Waals surface area contributed by atoms with E-state index in [4.69, 9.17) is 21.9 Å². The van der Waals surface area contributed by atoms with Crippen molar-refractivity contribution in [3.05, 3.63) is 12.7 Å². The van der Waals surface area contributed by atoms with E-state index in [2.05, 4.69) is 27.6 Å². The second kappa shape index (κ2) is 6.91. The number of fused-ring (bicyclic) bond motifs is 1. The summed E-state index contributed by atoms with van der Waals surface area (Å²) in [6, 6.07) is -3.00. The minimum atomic E-state index is -2.89. The molecule has 0 amide bonds. The van der Waals surface area contributed by atoms with Crippen LogP contribution in [0, 0.1) is 0 Å². The van der Waals surface area contributed by atoms with Gasteiger partial charge in [0.25, 0.3) is 5.72 Å². The molecule has 0 bridgehead atoms. The van der Waals surface area contributed by atoms with E-state index < -0.39 is 47.9 Å². The lowest BCUT2D eigenvalue weighted by molar-refractivity contribution is -0.214. The molecular weight excluding hydrogens is 394 g/mol. The number of carboxylic acid groups (broad SMARTS) is 1. The fourth-order valence-electron chi connectivity index (χ4n) is 3.37. The highest BCUT2D eigenvalue weighted by atomic mass is 32.1. The summed E-state index contributed by atoms with van der Waals surface area (Å²) in [5, 5.41) is 31.0. The normalized spacial score (nSPS) is 31.2. The molecule has 1 aliphatic heterocycles. The number of carbonyl (C=O) groups is 2. The zero-order chi connectivity index (χ0) is 20.9. The number of aliphatic hydroxyl groups excluding tert-OH is 1. The lowest BCUT2D eigenvalue weighted by atomic mass is 9.78. The van der Waals surface area contributed by atoms with Gasteiger partial charge in [-0.3, -0.25) is 9.36 Å². The van der Waals surface area contributed by atoms with Crippen LogP contribution in [0.3, 0.4) is 0 Å². The maximum Gasteiger partial charge on any atom is 0.361 e. The molecule has 1 fully saturated rings. The highest BCUT2D eigenvalue weighted by Gasteiger charge is 2.74. The number of carboxylic acids is 1. The summed E-state index contributed by atoms with van der Waals surface area (Å²) in [5.74, 6) is -3.17. The molecule has 152 valence electrons. The van der Waals surface area contributed by atoms with Crippen LogP contribution in [0.2, 0.25) is 0 Å². The van der Waals surface area contributed by atoms with Gasteiger partial charge in [0.1, 0.15) is 24.3 Å². The molecule has 2 aromatic rings. The van der Waals surface area contributed by atoms with Crippen LogP contribution < -0.4 is 17.2 Å². The highest BCUT2D eigenvalue weighted by molar-refractivity contribution is 7.80. The van der Waals surface area contributed by atoms with Crippen LogP contribution in [-0.2, 0) is 20.1 Å². The number of rotatable bonds is 6. The molecule has 1 saturated heterocycles. The van der Waals surface area contributed by atoms with Crippen molar-refractivity contribution >= 4 is 41.4 Å². The molecule has 0 saturated carbocycles. The van der Waals surface area contributed by atoms with Crippen LogP contribution >= 0.6 is 12.6 Å². The van der Waals surface area contributed by atoms with Crippen molar-refractivity contribution in [3.8, 4) is 0 Å². The summed E-state index contributed by atoms with van der Waals surface area (Å²) in [4.78, 5) is 37.0. The fraction of sp³-hybridized carbons (Fsp3) is 0.500. The van der Waals surface area contributed by atoms with E-state index in [-0.39, 0.29) is 22.7 Å². The van der Waals surface area contributed by atoms with Crippen LogP contribution in [0.25, 0.3) is 11.2 Å². The third-order valence-corrected chi connectivity index (χ3v) is 5.19. The van der Waals surface area contributed by atoms with Gasteiger partial charge in [0.05, 0.1) is 18.7 Å². The Morgan fingerprint density at radius 1 is 1.39 bits per heavy atom. The number of nitrogens with zero attached hydrogens (tertiary/aromatic N) is 4. The zero-order valence-electron chi connectivity index (χ0n) is 14.3. The van der Waals surface area contributed by atoms with Gasteiger partial charge in [-0.15, -0.1) is 0 Å². The van der Waals surface area contributed by atoms with Crippen molar-refractivity contribution in [1.82, 2.24) is 19.5 Å². The lowest BCUT2D eigenvalue weighted by Gasteiger charge is -2.39. The Hall–Kier alpha value is -2.36. The maximum absolute atomic E-state index is 13.0. The molecule has 14 heteroatoms. The van der Waals surface area contributed by atoms with Gasteiger partial charge in [-0.25, -0.2) is 19.7 Å². The van der Waals surface area contributed by atoms with E-state index in [1.54, 1.807) is 0 Å². The Morgan fingerprint density at radius 3 is 2.64 bits per heavy atom. The molecule has 0 spiro atoms. The van der Waals surface area contributed by atoms with E-state index >= 15 is 0 Å². The number of aliphatic carboxylic acids is 1. The maximum atomic E-state index is 13.0. The molecule has 28 heavy (non-hydrogen) atoms. The van der Waals surface area contributed by atoms with E-state index in [1.165, 1.54) is 0 Å². The molecule has 1 aliphatic rings. The first-order valence-corrected chi connectivity index (χ1v) is 8.64. The predicted octanol–water partition coefficient (Wildman–Crippen LogP) is -3.58. The van der Waals surface area contributed by atoms with Crippen molar-refractivity contribution in [2.24, 2.45) is 11.5 Å². The van der Waals surface area contributed by atoms with E-state index in [1.807, 2.05) is 0 Å². The Bertz CT molecular complexity index is 940. The number of carbonyl (C=O) groups excluding carboxylic acids is 1. The summed E-state index contributed by atoms with van der Waals surface area (Å²) < 4.78 is 6.31. The van der Waals surface area contributed by atoms with Crippen LogP contribution in [0.5, 0.6) is 0 Å². The van der Waals surface area contributed by atoms with E-state index in [9.17, 15) is 24.9 Å². The third kappa shape index (κ3) is 2.43. The first-order chi connectivity index (χ1) is 13.2. The van der Waals surface area contributed by atoms with E-state index in [0.29, 0.717) is 0 Å². The Labute approximate surface area is 162 Å². The van der Waals surface area contributed by atoms with Gasteiger partial charge in [-0.1, -0.05) is 0 Å². The van der Waals surface area contributed by atoms with Crippen molar-refractivity contribution in [1.29, 1.82) is 0 Å². The SMILES string of the molecule is Nc1ncnc2c1ncn2[C@]1(C(=O)O)O[C@H](CO)[C@@H](N)[C@]1(O)C(=O)[C@@H](N)CS. The number of hydrogen-bond acceptors (Lipinski definition) is 12. The number of imidazole rings is 1. The molecule has 5 atom stereocenters. The summed E-state index contributed by atoms with van der Waals surface area (Å²) in [5.41, 5.74) is 11.6. The van der Waals surface area contributed by atoms with Crippen LogP contribution in [-0.4, -0.2) is 82.7 Å². The number of nitrogens with two attached hydrogens (primary N) is 3. The smallest absolute Gasteiger partial charge is 0.361 e. The summed E-state index contributed by atoms with van der Waals surface area (Å²) in [6.45, 7) is -0.772. The second-order valence-electron chi connectivity index (χ2n) is 6.28. The molecule has 9 N–H and O–H groups in total. The second-order valence-corrected chi connectivity index (χ2v) is 6.64. The van der Waals surface area contributed by atoms with Gasteiger partial charge >= 0.3 is 5.97 Å². The standard InChI is InChI=1S/C14H19N7O6S/c15-5(2-28)9(23)13(26)8(16)6(1-22)27-14(13,12(24)25)21-4-20-7-10(17)18-3-19-11(7)21/h3-6,8,22,26,28H,1-2,15-16H2,(H,24,25)(H2,17,18,19)/t5-,6+,8+,13-,14+/m0/s1. The van der Waals surface area contributed by atoms with Crippen LogP contribution in [0.1, 0.15) is 0 Å². The highest BCUT2D eigenvalue weighted by Crippen LogP contribution is 2.45. The number of anilines is 1.